The van der Waals surface area contributed by atoms with E-state index < -0.39 is 5.54 Å². The third kappa shape index (κ3) is 2.65. The van der Waals surface area contributed by atoms with Gasteiger partial charge in [0.15, 0.2) is 5.82 Å². The summed E-state index contributed by atoms with van der Waals surface area (Å²) in [5.41, 5.74) is 8.57. The Labute approximate surface area is 174 Å². The summed E-state index contributed by atoms with van der Waals surface area (Å²) in [5.74, 6) is 0.628. The normalized spacial score (nSPS) is 13.0. The average Bonchev–Trinajstić information content (AvgIpc) is 3.21. The van der Waals surface area contributed by atoms with Crippen LogP contribution in [0.15, 0.2) is 95.8 Å². The molecule has 1 aliphatic rings. The third-order valence-electron chi connectivity index (χ3n) is 5.57. The number of hydrogen-bond acceptors (Lipinski definition) is 5. The molecule has 4 N–H and O–H groups in total. The van der Waals surface area contributed by atoms with E-state index in [1.165, 1.54) is 0 Å². The van der Waals surface area contributed by atoms with E-state index in [-0.39, 0.29) is 11.5 Å². The summed E-state index contributed by atoms with van der Waals surface area (Å²) in [7, 11) is 0. The Morgan fingerprint density at radius 1 is 0.800 bits per heavy atom. The summed E-state index contributed by atoms with van der Waals surface area (Å²) in [4.78, 5) is 21.8. The van der Waals surface area contributed by atoms with Crippen molar-refractivity contribution in [2.45, 2.75) is 5.54 Å². The van der Waals surface area contributed by atoms with Crippen molar-refractivity contribution in [2.24, 2.45) is 0 Å². The summed E-state index contributed by atoms with van der Waals surface area (Å²) in [6.07, 6.45) is 0. The van der Waals surface area contributed by atoms with Crippen LogP contribution in [0.25, 0.3) is 0 Å². The largest absolute Gasteiger partial charge is 0.369 e. The van der Waals surface area contributed by atoms with Crippen molar-refractivity contribution in [1.29, 1.82) is 0 Å². The highest BCUT2D eigenvalue weighted by molar-refractivity contribution is 5.75. The Kier molecular flexibility index (Phi) is 4.25. The van der Waals surface area contributed by atoms with Gasteiger partial charge in [-0.25, -0.2) is 0 Å². The molecular weight excluding hydrogens is 374 g/mol. The topological polar surface area (TPSA) is 87.0 Å². The first-order valence-corrected chi connectivity index (χ1v) is 9.79. The number of H-pyrrole nitrogens is 1. The standard InChI is InChI=1S/C24H21N5O/c25-23-27-21-20(22(30)28-23)26-16-29(21)24(17-10-4-1-5-11-17,18-12-6-2-7-13-18)19-14-8-3-9-15-19/h1-15,26H,16H2,(H3,25,27,28,30). The molecule has 2 heterocycles. The number of benzene rings is 3. The Balaban J connectivity index is 1.89. The zero-order valence-electron chi connectivity index (χ0n) is 16.2. The van der Waals surface area contributed by atoms with Gasteiger partial charge in [0.25, 0.3) is 5.56 Å². The fraction of sp³-hybridized carbons (Fsp3) is 0.0833. The van der Waals surface area contributed by atoms with Gasteiger partial charge in [0.05, 0.1) is 6.67 Å². The zero-order valence-corrected chi connectivity index (χ0v) is 16.2. The molecule has 0 saturated carbocycles. The van der Waals surface area contributed by atoms with Gasteiger partial charge in [-0.1, -0.05) is 91.0 Å². The molecule has 3 aromatic carbocycles. The maximum Gasteiger partial charge on any atom is 0.277 e. The average molecular weight is 395 g/mol. The van der Waals surface area contributed by atoms with Crippen molar-refractivity contribution in [2.75, 3.05) is 22.6 Å². The Hall–Kier alpha value is -4.06. The second kappa shape index (κ2) is 7.08. The molecule has 0 aliphatic carbocycles. The van der Waals surface area contributed by atoms with E-state index in [4.69, 9.17) is 5.73 Å². The minimum Gasteiger partial charge on any atom is -0.369 e. The minimum atomic E-state index is -0.713. The first-order chi connectivity index (χ1) is 14.7. The van der Waals surface area contributed by atoms with Crippen LogP contribution in [0.3, 0.4) is 0 Å². The molecule has 0 amide bonds. The molecule has 1 aromatic heterocycles. The second-order valence-electron chi connectivity index (χ2n) is 7.22. The molecule has 30 heavy (non-hydrogen) atoms. The second-order valence-corrected chi connectivity index (χ2v) is 7.22. The maximum absolute atomic E-state index is 12.5. The first kappa shape index (κ1) is 18.0. The van der Waals surface area contributed by atoms with Crippen LogP contribution in [0.2, 0.25) is 0 Å². The predicted octanol–water partition coefficient (Wildman–Crippen LogP) is 3.53. The quantitative estimate of drug-likeness (QED) is 0.460. The minimum absolute atomic E-state index is 0.0931. The van der Waals surface area contributed by atoms with Gasteiger partial charge in [-0.15, -0.1) is 0 Å². The number of nitrogens with zero attached hydrogens (tertiary/aromatic N) is 2. The molecule has 6 nitrogen and oxygen atoms in total. The van der Waals surface area contributed by atoms with E-state index in [1.807, 2.05) is 54.6 Å². The van der Waals surface area contributed by atoms with Gasteiger partial charge < -0.3 is 16.0 Å². The smallest absolute Gasteiger partial charge is 0.277 e. The van der Waals surface area contributed by atoms with E-state index in [1.54, 1.807) is 0 Å². The van der Waals surface area contributed by atoms with E-state index >= 15 is 0 Å². The monoisotopic (exact) mass is 395 g/mol. The van der Waals surface area contributed by atoms with Crippen molar-refractivity contribution < 1.29 is 0 Å². The lowest BCUT2D eigenvalue weighted by Gasteiger charge is -2.44. The lowest BCUT2D eigenvalue weighted by molar-refractivity contribution is 0.579. The van der Waals surface area contributed by atoms with Gasteiger partial charge in [0.1, 0.15) is 11.2 Å². The fourth-order valence-corrected chi connectivity index (χ4v) is 4.35. The van der Waals surface area contributed by atoms with Crippen molar-refractivity contribution in [3.8, 4) is 0 Å². The van der Waals surface area contributed by atoms with Crippen LogP contribution in [0.1, 0.15) is 16.7 Å². The summed E-state index contributed by atoms with van der Waals surface area (Å²) >= 11 is 0. The number of hydrogen-bond donors (Lipinski definition) is 3. The van der Waals surface area contributed by atoms with Gasteiger partial charge >= 0.3 is 0 Å². The molecule has 0 bridgehead atoms. The Morgan fingerprint density at radius 2 is 1.27 bits per heavy atom. The third-order valence-corrected chi connectivity index (χ3v) is 5.57. The highest BCUT2D eigenvalue weighted by Crippen LogP contribution is 2.46. The molecular formula is C24H21N5O. The van der Waals surface area contributed by atoms with E-state index in [0.29, 0.717) is 18.2 Å². The predicted molar refractivity (Wildman–Crippen MR) is 119 cm³/mol. The van der Waals surface area contributed by atoms with E-state index in [9.17, 15) is 4.79 Å². The molecule has 1 aliphatic heterocycles. The summed E-state index contributed by atoms with van der Waals surface area (Å²) in [6.45, 7) is 0.410. The number of rotatable bonds is 4. The summed E-state index contributed by atoms with van der Waals surface area (Å²) in [5, 5.41) is 3.22. The number of fused-ring (bicyclic) bond motifs is 1. The lowest BCUT2D eigenvalue weighted by Crippen LogP contribution is -2.48. The highest BCUT2D eigenvalue weighted by atomic mass is 16.1. The van der Waals surface area contributed by atoms with Crippen LogP contribution in [-0.2, 0) is 5.54 Å². The highest BCUT2D eigenvalue weighted by Gasteiger charge is 2.46. The number of anilines is 3. The molecule has 5 rings (SSSR count). The lowest BCUT2D eigenvalue weighted by atomic mass is 9.75. The van der Waals surface area contributed by atoms with Crippen molar-refractivity contribution in [3.63, 3.8) is 0 Å². The SMILES string of the molecule is Nc1nc2c(c(=O)[nH]1)NCN2C(c1ccccc1)(c1ccccc1)c1ccccc1. The Bertz CT molecular complexity index is 1130. The van der Waals surface area contributed by atoms with Crippen molar-refractivity contribution in [3.05, 3.63) is 118 Å². The van der Waals surface area contributed by atoms with Gasteiger partial charge in [-0.3, -0.25) is 9.78 Å². The molecule has 148 valence electrons. The van der Waals surface area contributed by atoms with Crippen LogP contribution in [0.4, 0.5) is 17.5 Å². The number of nitrogen functional groups attached to an aromatic ring is 1. The van der Waals surface area contributed by atoms with E-state index in [2.05, 4.69) is 56.6 Å². The molecule has 4 aromatic rings. The Morgan fingerprint density at radius 3 is 1.73 bits per heavy atom. The summed E-state index contributed by atoms with van der Waals surface area (Å²) < 4.78 is 0. The first-order valence-electron chi connectivity index (χ1n) is 9.79. The molecule has 6 heteroatoms. The molecule has 0 atom stereocenters. The van der Waals surface area contributed by atoms with Crippen LogP contribution in [-0.4, -0.2) is 16.6 Å². The fourth-order valence-electron chi connectivity index (χ4n) is 4.35. The number of aromatic amines is 1. The number of nitrogens with one attached hydrogen (secondary N) is 2. The number of aromatic nitrogens is 2. The van der Waals surface area contributed by atoms with Gasteiger partial charge in [0.2, 0.25) is 5.95 Å². The van der Waals surface area contributed by atoms with Gasteiger partial charge in [0, 0.05) is 0 Å². The maximum atomic E-state index is 12.5. The molecule has 0 fully saturated rings. The molecule has 0 saturated heterocycles. The molecule has 0 spiro atoms. The zero-order chi connectivity index (χ0) is 20.6. The molecule has 0 unspecified atom stereocenters. The summed E-state index contributed by atoms with van der Waals surface area (Å²) in [6, 6.07) is 30.8. The van der Waals surface area contributed by atoms with E-state index in [0.717, 1.165) is 16.7 Å². The van der Waals surface area contributed by atoms with Crippen molar-refractivity contribution >= 4 is 17.5 Å². The van der Waals surface area contributed by atoms with Crippen LogP contribution in [0.5, 0.6) is 0 Å². The van der Waals surface area contributed by atoms with Gasteiger partial charge in [-0.05, 0) is 16.7 Å². The van der Waals surface area contributed by atoms with Crippen LogP contribution < -0.4 is 21.5 Å². The van der Waals surface area contributed by atoms with Crippen molar-refractivity contribution in [1.82, 2.24) is 9.97 Å². The molecule has 0 radical (unpaired) electrons. The van der Waals surface area contributed by atoms with Gasteiger partial charge in [-0.2, -0.15) is 4.98 Å². The van der Waals surface area contributed by atoms with Crippen LogP contribution in [0, 0.1) is 0 Å². The number of nitrogens with two attached hydrogens (primary N) is 1. The van der Waals surface area contributed by atoms with Crippen LogP contribution >= 0.6 is 0 Å².